The summed E-state index contributed by atoms with van der Waals surface area (Å²) in [5, 5.41) is 1.81. The van der Waals surface area contributed by atoms with Gasteiger partial charge in [0, 0.05) is 17.0 Å². The molecule has 2 N–H and O–H groups in total. The first-order valence-corrected chi connectivity index (χ1v) is 8.17. The molecule has 2 aromatic carbocycles. The number of hydrogen-bond acceptors (Lipinski definition) is 4. The number of aromatic nitrogens is 2. The lowest BCUT2D eigenvalue weighted by Gasteiger charge is -2.13. The topological polar surface area (TPSA) is 76.3 Å². The minimum atomic E-state index is -0.432. The summed E-state index contributed by atoms with van der Waals surface area (Å²) in [5.74, 6) is 0.710. The Morgan fingerprint density at radius 2 is 1.81 bits per heavy atom. The van der Waals surface area contributed by atoms with Crippen LogP contribution in [0, 0.1) is 0 Å². The average molecular weight is 350 g/mol. The summed E-state index contributed by atoms with van der Waals surface area (Å²) in [4.78, 5) is 18.2. The summed E-state index contributed by atoms with van der Waals surface area (Å²) in [6.07, 6.45) is 1.84. The number of ether oxygens (including phenoxy) is 3. The van der Waals surface area contributed by atoms with Crippen molar-refractivity contribution in [2.75, 3.05) is 14.2 Å². The first-order chi connectivity index (χ1) is 12.7. The summed E-state index contributed by atoms with van der Waals surface area (Å²) < 4.78 is 16.5. The van der Waals surface area contributed by atoms with Crippen LogP contribution in [0.25, 0.3) is 21.8 Å². The van der Waals surface area contributed by atoms with E-state index >= 15 is 0 Å². The molecule has 0 aliphatic carbocycles. The third kappa shape index (κ3) is 2.56. The van der Waals surface area contributed by atoms with Gasteiger partial charge in [-0.3, -0.25) is 0 Å². The largest absolute Gasteiger partial charge is 0.491 e. The number of methoxy groups -OCH3 is 2. The highest BCUT2D eigenvalue weighted by atomic mass is 16.5. The van der Waals surface area contributed by atoms with E-state index in [2.05, 4.69) is 9.97 Å². The fraction of sp³-hybridized carbons (Fsp3) is 0.150. The lowest BCUT2D eigenvalue weighted by molar-refractivity contribution is 0.0595. The Kier molecular flexibility index (Phi) is 4.01. The number of rotatable bonds is 5. The number of fused-ring (bicyclic) bond motifs is 3. The highest BCUT2D eigenvalue weighted by Gasteiger charge is 2.21. The molecule has 132 valence electrons. The SMILES string of the molecule is COC(=O)c1cc2c([nH]1)c(OC)c(OCc1ccccc1)c1[nH]ccc12. The van der Waals surface area contributed by atoms with Gasteiger partial charge in [-0.25, -0.2) is 4.79 Å². The maximum atomic E-state index is 11.9. The number of carbonyl (C=O) groups is 1. The summed E-state index contributed by atoms with van der Waals surface area (Å²) in [5.41, 5.74) is 2.93. The van der Waals surface area contributed by atoms with Crippen molar-refractivity contribution >= 4 is 27.8 Å². The van der Waals surface area contributed by atoms with Crippen molar-refractivity contribution < 1.29 is 19.0 Å². The molecule has 0 fully saturated rings. The van der Waals surface area contributed by atoms with Gasteiger partial charge in [-0.1, -0.05) is 30.3 Å². The Bertz CT molecular complexity index is 1080. The van der Waals surface area contributed by atoms with Crippen LogP contribution < -0.4 is 9.47 Å². The first-order valence-electron chi connectivity index (χ1n) is 8.17. The molecule has 2 heterocycles. The Labute approximate surface area is 149 Å². The van der Waals surface area contributed by atoms with Gasteiger partial charge < -0.3 is 24.2 Å². The Balaban J connectivity index is 1.87. The van der Waals surface area contributed by atoms with Crippen molar-refractivity contribution in [2.24, 2.45) is 0 Å². The molecule has 0 saturated carbocycles. The molecule has 4 aromatic rings. The highest BCUT2D eigenvalue weighted by Crippen LogP contribution is 2.43. The molecular formula is C20H18N2O4. The van der Waals surface area contributed by atoms with Gasteiger partial charge >= 0.3 is 5.97 Å². The average Bonchev–Trinajstić information content (AvgIpc) is 3.32. The molecule has 0 aliphatic rings. The molecule has 6 nitrogen and oxygen atoms in total. The van der Waals surface area contributed by atoms with Crippen LogP contribution in [0.5, 0.6) is 11.5 Å². The van der Waals surface area contributed by atoms with Gasteiger partial charge in [0.15, 0.2) is 11.5 Å². The van der Waals surface area contributed by atoms with Gasteiger partial charge in [0.1, 0.15) is 12.3 Å². The van der Waals surface area contributed by atoms with Crippen molar-refractivity contribution in [1.82, 2.24) is 9.97 Å². The second kappa shape index (κ2) is 6.48. The van der Waals surface area contributed by atoms with Crippen molar-refractivity contribution in [3.05, 3.63) is 59.9 Å². The zero-order chi connectivity index (χ0) is 18.1. The molecule has 0 spiro atoms. The second-order valence-electron chi connectivity index (χ2n) is 5.87. The van der Waals surface area contributed by atoms with E-state index in [1.54, 1.807) is 13.2 Å². The summed E-state index contributed by atoms with van der Waals surface area (Å²) in [6, 6.07) is 13.6. The van der Waals surface area contributed by atoms with Crippen LogP contribution in [0.15, 0.2) is 48.7 Å². The van der Waals surface area contributed by atoms with E-state index in [1.165, 1.54) is 7.11 Å². The number of aromatic amines is 2. The molecule has 4 rings (SSSR count). The zero-order valence-corrected chi connectivity index (χ0v) is 14.5. The number of nitrogens with one attached hydrogen (secondary N) is 2. The number of esters is 1. The van der Waals surface area contributed by atoms with Crippen molar-refractivity contribution in [2.45, 2.75) is 6.61 Å². The van der Waals surface area contributed by atoms with Gasteiger partial charge in [-0.05, 0) is 17.7 Å². The third-order valence-corrected chi connectivity index (χ3v) is 4.35. The van der Waals surface area contributed by atoms with E-state index in [0.29, 0.717) is 29.3 Å². The number of H-pyrrole nitrogens is 2. The van der Waals surface area contributed by atoms with Crippen LogP contribution in [0.3, 0.4) is 0 Å². The minimum absolute atomic E-state index is 0.364. The lowest BCUT2D eigenvalue weighted by Crippen LogP contribution is -2.01. The highest BCUT2D eigenvalue weighted by molar-refractivity contribution is 6.13. The maximum Gasteiger partial charge on any atom is 0.354 e. The molecule has 0 atom stereocenters. The Morgan fingerprint density at radius 1 is 1.00 bits per heavy atom. The fourth-order valence-electron chi connectivity index (χ4n) is 3.14. The number of hydrogen-bond donors (Lipinski definition) is 2. The monoisotopic (exact) mass is 350 g/mol. The Hall–Kier alpha value is -3.41. The molecule has 0 bridgehead atoms. The van der Waals surface area contributed by atoms with Gasteiger partial charge in [0.2, 0.25) is 0 Å². The van der Waals surface area contributed by atoms with Crippen LogP contribution in [0.2, 0.25) is 0 Å². The molecule has 0 amide bonds. The quantitative estimate of drug-likeness (QED) is 0.533. The van der Waals surface area contributed by atoms with Crippen LogP contribution in [0.1, 0.15) is 16.1 Å². The third-order valence-electron chi connectivity index (χ3n) is 4.35. The van der Waals surface area contributed by atoms with Gasteiger partial charge in [-0.2, -0.15) is 0 Å². The second-order valence-corrected chi connectivity index (χ2v) is 5.87. The summed E-state index contributed by atoms with van der Waals surface area (Å²) >= 11 is 0. The fourth-order valence-corrected chi connectivity index (χ4v) is 3.14. The molecule has 0 radical (unpaired) electrons. The number of benzene rings is 2. The van der Waals surface area contributed by atoms with Crippen LogP contribution in [0.4, 0.5) is 0 Å². The molecule has 26 heavy (non-hydrogen) atoms. The van der Waals surface area contributed by atoms with Gasteiger partial charge in [-0.15, -0.1) is 0 Å². The minimum Gasteiger partial charge on any atom is -0.491 e. The van der Waals surface area contributed by atoms with Crippen LogP contribution in [-0.4, -0.2) is 30.2 Å². The maximum absolute atomic E-state index is 11.9. The van der Waals surface area contributed by atoms with Crippen molar-refractivity contribution in [1.29, 1.82) is 0 Å². The van der Waals surface area contributed by atoms with E-state index in [1.807, 2.05) is 42.6 Å². The predicted molar refractivity (Wildman–Crippen MR) is 98.8 cm³/mol. The zero-order valence-electron chi connectivity index (χ0n) is 14.5. The van der Waals surface area contributed by atoms with Crippen LogP contribution >= 0.6 is 0 Å². The molecule has 0 unspecified atom stereocenters. The van der Waals surface area contributed by atoms with E-state index in [9.17, 15) is 4.79 Å². The normalized spacial score (nSPS) is 11.0. The van der Waals surface area contributed by atoms with Crippen LogP contribution in [-0.2, 0) is 11.3 Å². The van der Waals surface area contributed by atoms with E-state index in [4.69, 9.17) is 14.2 Å². The van der Waals surface area contributed by atoms with E-state index in [-0.39, 0.29) is 0 Å². The van der Waals surface area contributed by atoms with Crippen molar-refractivity contribution in [3.63, 3.8) is 0 Å². The smallest absolute Gasteiger partial charge is 0.354 e. The molecule has 2 aromatic heterocycles. The summed E-state index contributed by atoms with van der Waals surface area (Å²) in [6.45, 7) is 0.404. The number of carbonyl (C=O) groups excluding carboxylic acids is 1. The van der Waals surface area contributed by atoms with E-state index in [0.717, 1.165) is 21.9 Å². The molecular weight excluding hydrogens is 332 g/mol. The van der Waals surface area contributed by atoms with E-state index < -0.39 is 5.97 Å². The lowest BCUT2D eigenvalue weighted by atomic mass is 10.1. The molecule has 0 saturated heterocycles. The molecule has 6 heteroatoms. The first kappa shape index (κ1) is 16.1. The molecule has 0 aliphatic heterocycles. The standard InChI is InChI=1S/C20H18N2O4/c1-24-18-17-14(10-15(22-17)20(23)25-2)13-8-9-21-16(13)19(18)26-11-12-6-4-3-5-7-12/h3-10,21-22H,11H2,1-2H3. The summed E-state index contributed by atoms with van der Waals surface area (Å²) in [7, 11) is 2.93. The van der Waals surface area contributed by atoms with Gasteiger partial charge in [0.05, 0.1) is 25.3 Å². The van der Waals surface area contributed by atoms with Gasteiger partial charge in [0.25, 0.3) is 0 Å². The Morgan fingerprint density at radius 3 is 2.54 bits per heavy atom. The van der Waals surface area contributed by atoms with Crippen molar-refractivity contribution in [3.8, 4) is 11.5 Å². The predicted octanol–water partition coefficient (Wildman–Crippen LogP) is 4.02.